The molecule has 23 heavy (non-hydrogen) atoms. The highest BCUT2D eigenvalue weighted by Gasteiger charge is 2.40. The Morgan fingerprint density at radius 2 is 2.04 bits per heavy atom. The quantitative estimate of drug-likeness (QED) is 0.876. The number of nitrogens with one attached hydrogen (secondary N) is 1. The molecular weight excluding hydrogens is 310 g/mol. The van der Waals surface area contributed by atoms with Gasteiger partial charge in [0, 0.05) is 36.7 Å². The fourth-order valence-corrected chi connectivity index (χ4v) is 3.63. The van der Waals surface area contributed by atoms with Crippen LogP contribution in [0.2, 0.25) is 0 Å². The molecule has 7 heteroatoms. The van der Waals surface area contributed by atoms with Crippen LogP contribution in [0.5, 0.6) is 0 Å². The molecule has 6 nitrogen and oxygen atoms in total. The van der Waals surface area contributed by atoms with Crippen LogP contribution in [0.1, 0.15) is 25.6 Å². The molecule has 2 heterocycles. The third-order valence-corrected chi connectivity index (χ3v) is 5.10. The smallest absolute Gasteiger partial charge is 0.243 e. The van der Waals surface area contributed by atoms with Gasteiger partial charge in [-0.25, -0.2) is 4.98 Å². The van der Waals surface area contributed by atoms with Gasteiger partial charge in [0.15, 0.2) is 0 Å². The summed E-state index contributed by atoms with van der Waals surface area (Å²) < 4.78 is 4.33. The number of aromatic nitrogens is 2. The highest BCUT2D eigenvalue weighted by Crippen LogP contribution is 2.30. The van der Waals surface area contributed by atoms with Crippen molar-refractivity contribution in [2.75, 3.05) is 23.3 Å². The maximum atomic E-state index is 12.1. The van der Waals surface area contributed by atoms with Gasteiger partial charge in [0.25, 0.3) is 0 Å². The van der Waals surface area contributed by atoms with E-state index in [0.29, 0.717) is 12.8 Å². The highest BCUT2D eigenvalue weighted by atomic mass is 32.1. The molecule has 1 amide bonds. The molecule has 1 aliphatic rings. The predicted octanol–water partition coefficient (Wildman–Crippen LogP) is 2.04. The molecule has 2 aromatic rings. The van der Waals surface area contributed by atoms with E-state index in [1.165, 1.54) is 11.5 Å². The number of nitrogens with zero attached hydrogens (tertiary/aromatic N) is 3. The molecular formula is C16H21N5OS. The average molecular weight is 331 g/mol. The zero-order valence-corrected chi connectivity index (χ0v) is 14.0. The van der Waals surface area contributed by atoms with E-state index in [0.717, 1.165) is 36.2 Å². The fourth-order valence-electron chi connectivity index (χ4n) is 2.83. The van der Waals surface area contributed by atoms with Crippen molar-refractivity contribution in [2.45, 2.75) is 31.7 Å². The average Bonchev–Trinajstić information content (AvgIpc) is 3.05. The summed E-state index contributed by atoms with van der Waals surface area (Å²) in [6, 6.07) is 9.75. The molecule has 0 aliphatic carbocycles. The predicted molar refractivity (Wildman–Crippen MR) is 92.7 cm³/mol. The lowest BCUT2D eigenvalue weighted by molar-refractivity contribution is -0.122. The van der Waals surface area contributed by atoms with Crippen molar-refractivity contribution in [1.29, 1.82) is 0 Å². The Kier molecular flexibility index (Phi) is 4.47. The lowest BCUT2D eigenvalue weighted by atomic mass is 9.86. The van der Waals surface area contributed by atoms with Gasteiger partial charge in [-0.1, -0.05) is 25.1 Å². The monoisotopic (exact) mass is 331 g/mol. The summed E-state index contributed by atoms with van der Waals surface area (Å²) in [6.45, 7) is 3.52. The second kappa shape index (κ2) is 6.54. The minimum absolute atomic E-state index is 0.299. The van der Waals surface area contributed by atoms with Crippen molar-refractivity contribution in [3.63, 3.8) is 0 Å². The summed E-state index contributed by atoms with van der Waals surface area (Å²) in [5, 5.41) is 4.28. The molecule has 3 N–H and O–H groups in total. The largest absolute Gasteiger partial charge is 0.371 e. The lowest BCUT2D eigenvalue weighted by Gasteiger charge is -2.40. The molecule has 1 fully saturated rings. The Morgan fingerprint density at radius 1 is 1.35 bits per heavy atom. The van der Waals surface area contributed by atoms with Gasteiger partial charge in [-0.3, -0.25) is 4.79 Å². The molecule has 1 aliphatic heterocycles. The fraction of sp³-hybridized carbons (Fsp3) is 0.438. The van der Waals surface area contributed by atoms with Crippen molar-refractivity contribution >= 4 is 28.3 Å². The summed E-state index contributed by atoms with van der Waals surface area (Å²) in [6.07, 6.45) is 2.14. The van der Waals surface area contributed by atoms with Gasteiger partial charge >= 0.3 is 0 Å². The number of primary amides is 1. The molecule has 1 saturated heterocycles. The zero-order chi connectivity index (χ0) is 16.3. The molecule has 3 rings (SSSR count). The van der Waals surface area contributed by atoms with Crippen molar-refractivity contribution < 1.29 is 4.79 Å². The van der Waals surface area contributed by atoms with Crippen LogP contribution in [0, 0.1) is 0 Å². The third-order valence-electron chi connectivity index (χ3n) is 4.29. The van der Waals surface area contributed by atoms with Crippen LogP contribution < -0.4 is 16.0 Å². The minimum atomic E-state index is -0.698. The number of nitrogens with two attached hydrogens (primary N) is 1. The number of aryl methyl sites for hydroxylation is 1. The van der Waals surface area contributed by atoms with Gasteiger partial charge in [0.1, 0.15) is 11.4 Å². The van der Waals surface area contributed by atoms with E-state index >= 15 is 0 Å². The van der Waals surface area contributed by atoms with Gasteiger partial charge in [-0.05, 0) is 25.0 Å². The first kappa shape index (κ1) is 15.7. The standard InChI is InChI=1S/C16H21N5OS/c1-2-13-18-15(23-20-13)21-10-8-16(9-11-21,14(17)22)19-12-6-4-3-5-7-12/h3-7,19H,2,8-11H2,1H3,(H2,17,22). The van der Waals surface area contributed by atoms with Gasteiger partial charge in [0.05, 0.1) is 0 Å². The molecule has 1 aromatic carbocycles. The van der Waals surface area contributed by atoms with Gasteiger partial charge < -0.3 is 16.0 Å². The number of carbonyl (C=O) groups excluding carboxylic acids is 1. The van der Waals surface area contributed by atoms with Crippen LogP contribution in [-0.4, -0.2) is 33.9 Å². The summed E-state index contributed by atoms with van der Waals surface area (Å²) in [7, 11) is 0. The second-order valence-corrected chi connectivity index (χ2v) is 6.50. The molecule has 0 saturated carbocycles. The molecule has 0 radical (unpaired) electrons. The maximum Gasteiger partial charge on any atom is 0.243 e. The van der Waals surface area contributed by atoms with Crippen molar-refractivity contribution in [3.8, 4) is 0 Å². The van der Waals surface area contributed by atoms with E-state index in [1.54, 1.807) is 0 Å². The van der Waals surface area contributed by atoms with Crippen molar-refractivity contribution in [2.24, 2.45) is 5.73 Å². The van der Waals surface area contributed by atoms with Crippen molar-refractivity contribution in [1.82, 2.24) is 9.36 Å². The molecule has 0 spiro atoms. The summed E-state index contributed by atoms with van der Waals surface area (Å²) in [5.41, 5.74) is 5.94. The Labute approximate surface area is 139 Å². The number of benzene rings is 1. The second-order valence-electron chi connectivity index (χ2n) is 5.77. The van der Waals surface area contributed by atoms with Gasteiger partial charge in [0.2, 0.25) is 11.0 Å². The van der Waals surface area contributed by atoms with Crippen LogP contribution >= 0.6 is 11.5 Å². The maximum absolute atomic E-state index is 12.1. The number of hydrogen-bond acceptors (Lipinski definition) is 6. The van der Waals surface area contributed by atoms with Crippen LogP contribution in [0.25, 0.3) is 0 Å². The SMILES string of the molecule is CCc1nsc(N2CCC(Nc3ccccc3)(C(N)=O)CC2)n1. The number of amides is 1. The van der Waals surface area contributed by atoms with E-state index in [9.17, 15) is 4.79 Å². The van der Waals surface area contributed by atoms with Crippen LogP contribution in [0.3, 0.4) is 0 Å². The number of rotatable bonds is 5. The topological polar surface area (TPSA) is 84.1 Å². The highest BCUT2D eigenvalue weighted by molar-refractivity contribution is 7.09. The third kappa shape index (κ3) is 3.29. The Bertz CT molecular complexity index is 664. The van der Waals surface area contributed by atoms with Gasteiger partial charge in [-0.2, -0.15) is 4.37 Å². The zero-order valence-electron chi connectivity index (χ0n) is 13.2. The van der Waals surface area contributed by atoms with E-state index in [4.69, 9.17) is 5.73 Å². The van der Waals surface area contributed by atoms with Gasteiger partial charge in [-0.15, -0.1) is 0 Å². The summed E-state index contributed by atoms with van der Waals surface area (Å²) in [5.74, 6) is 0.576. The Balaban J connectivity index is 1.71. The summed E-state index contributed by atoms with van der Waals surface area (Å²) in [4.78, 5) is 18.8. The summed E-state index contributed by atoms with van der Waals surface area (Å²) >= 11 is 1.42. The normalized spacial score (nSPS) is 17.0. The molecule has 0 unspecified atom stereocenters. The lowest BCUT2D eigenvalue weighted by Crippen LogP contribution is -2.57. The van der Waals surface area contributed by atoms with Crippen LogP contribution in [0.4, 0.5) is 10.8 Å². The first-order valence-electron chi connectivity index (χ1n) is 7.83. The molecule has 0 atom stereocenters. The number of hydrogen-bond donors (Lipinski definition) is 2. The number of para-hydroxylation sites is 1. The number of carbonyl (C=O) groups is 1. The van der Waals surface area contributed by atoms with E-state index < -0.39 is 5.54 Å². The van der Waals surface area contributed by atoms with Crippen LogP contribution in [0.15, 0.2) is 30.3 Å². The number of piperidine rings is 1. The van der Waals surface area contributed by atoms with E-state index in [2.05, 4.69) is 19.6 Å². The Hall–Kier alpha value is -2.15. The molecule has 122 valence electrons. The first-order valence-corrected chi connectivity index (χ1v) is 8.61. The van der Waals surface area contributed by atoms with E-state index in [-0.39, 0.29) is 5.91 Å². The Morgan fingerprint density at radius 3 is 2.61 bits per heavy atom. The minimum Gasteiger partial charge on any atom is -0.371 e. The first-order chi connectivity index (χ1) is 11.1. The van der Waals surface area contributed by atoms with Crippen LogP contribution in [-0.2, 0) is 11.2 Å². The molecule has 1 aromatic heterocycles. The van der Waals surface area contributed by atoms with Crippen molar-refractivity contribution in [3.05, 3.63) is 36.2 Å². The number of anilines is 2. The van der Waals surface area contributed by atoms with E-state index in [1.807, 2.05) is 37.3 Å². The molecule has 0 bridgehead atoms.